The first-order valence-corrected chi connectivity index (χ1v) is 12.0. The highest BCUT2D eigenvalue weighted by Gasteiger charge is 2.26. The Balaban J connectivity index is 0.00000245. The number of hydrogen-bond donors (Lipinski definition) is 1. The number of fused-ring (bicyclic) bond motifs is 2. The van der Waals surface area contributed by atoms with E-state index >= 15 is 0 Å². The molecular formula is C24H24ClN3O2S2. The molecule has 8 heteroatoms. The first kappa shape index (κ1) is 22.7. The third-order valence-electron chi connectivity index (χ3n) is 5.41. The maximum Gasteiger partial charge on any atom is 0.256 e. The highest BCUT2D eigenvalue weighted by Crippen LogP contribution is 2.45. The monoisotopic (exact) mass is 485 g/mol. The van der Waals surface area contributed by atoms with Crippen molar-refractivity contribution in [3.63, 3.8) is 0 Å². The van der Waals surface area contributed by atoms with Crippen molar-refractivity contribution < 1.29 is 9.53 Å². The van der Waals surface area contributed by atoms with E-state index in [0.717, 1.165) is 51.0 Å². The van der Waals surface area contributed by atoms with Crippen LogP contribution >= 0.6 is 35.1 Å². The van der Waals surface area contributed by atoms with Crippen LogP contribution in [0.2, 0.25) is 0 Å². The van der Waals surface area contributed by atoms with Gasteiger partial charge in [0, 0.05) is 29.1 Å². The molecule has 5 rings (SSSR count). The molecule has 3 heterocycles. The van der Waals surface area contributed by atoms with Crippen LogP contribution in [0.1, 0.15) is 27.7 Å². The lowest BCUT2D eigenvalue weighted by Gasteiger charge is -2.22. The number of benzene rings is 2. The number of para-hydroxylation sites is 1. The van der Waals surface area contributed by atoms with Crippen LogP contribution < -0.4 is 10.1 Å². The van der Waals surface area contributed by atoms with Gasteiger partial charge < -0.3 is 15.0 Å². The molecule has 0 saturated heterocycles. The van der Waals surface area contributed by atoms with Gasteiger partial charge in [-0.3, -0.25) is 4.79 Å². The summed E-state index contributed by atoms with van der Waals surface area (Å²) in [4.78, 5) is 21.6. The van der Waals surface area contributed by atoms with Gasteiger partial charge in [-0.05, 0) is 62.4 Å². The van der Waals surface area contributed by atoms with Crippen molar-refractivity contribution in [2.75, 3.05) is 25.5 Å². The summed E-state index contributed by atoms with van der Waals surface area (Å²) < 4.78 is 6.65. The molecule has 2 aromatic heterocycles. The fourth-order valence-electron chi connectivity index (χ4n) is 3.87. The van der Waals surface area contributed by atoms with Gasteiger partial charge in [0.15, 0.2) is 0 Å². The highest BCUT2D eigenvalue weighted by molar-refractivity contribution is 7.23. The Hall–Kier alpha value is -2.45. The van der Waals surface area contributed by atoms with Crippen molar-refractivity contribution in [1.82, 2.24) is 9.88 Å². The number of nitrogens with zero attached hydrogens (tertiary/aromatic N) is 2. The Morgan fingerprint density at radius 1 is 1.16 bits per heavy atom. The predicted octanol–water partition coefficient (Wildman–Crippen LogP) is 6.09. The summed E-state index contributed by atoms with van der Waals surface area (Å²) in [5, 5.41) is 5.04. The number of carbonyl (C=O) groups is 1. The molecule has 0 aliphatic carbocycles. The van der Waals surface area contributed by atoms with E-state index in [1.54, 1.807) is 34.8 Å². The number of rotatable bonds is 5. The molecule has 0 saturated carbocycles. The Labute approximate surface area is 201 Å². The van der Waals surface area contributed by atoms with Crippen LogP contribution in [0.4, 0.5) is 5.00 Å². The van der Waals surface area contributed by atoms with Crippen LogP contribution in [0.15, 0.2) is 48.5 Å². The van der Waals surface area contributed by atoms with E-state index in [0.29, 0.717) is 12.2 Å². The summed E-state index contributed by atoms with van der Waals surface area (Å²) in [6, 6.07) is 15.5. The number of halogens is 1. The van der Waals surface area contributed by atoms with Crippen LogP contribution in [0, 0.1) is 0 Å². The van der Waals surface area contributed by atoms with E-state index in [-0.39, 0.29) is 18.3 Å². The highest BCUT2D eigenvalue weighted by atomic mass is 35.5. The SMILES string of the molecule is CCOc1ccc(C(=O)Nc2sc3c(c2-c2nc4ccccc4s2)CCN(C)C3)cc1.Cl. The summed E-state index contributed by atoms with van der Waals surface area (Å²) in [5.74, 6) is 0.654. The number of thiophene rings is 1. The fourth-order valence-corrected chi connectivity index (χ4v) is 6.30. The third-order valence-corrected chi connectivity index (χ3v) is 7.60. The molecule has 0 unspecified atom stereocenters. The first-order chi connectivity index (χ1) is 15.1. The van der Waals surface area contributed by atoms with Gasteiger partial charge in [-0.25, -0.2) is 4.98 Å². The van der Waals surface area contributed by atoms with Gasteiger partial charge in [0.05, 0.1) is 16.8 Å². The molecule has 0 fully saturated rings. The molecule has 1 aliphatic rings. The van der Waals surface area contributed by atoms with Crippen molar-refractivity contribution in [2.45, 2.75) is 19.9 Å². The lowest BCUT2D eigenvalue weighted by atomic mass is 10.0. The Kier molecular flexibility index (Phi) is 6.81. The number of ether oxygens (including phenoxy) is 1. The van der Waals surface area contributed by atoms with Crippen molar-refractivity contribution in [3.05, 3.63) is 64.5 Å². The molecule has 0 spiro atoms. The maximum atomic E-state index is 13.0. The summed E-state index contributed by atoms with van der Waals surface area (Å²) in [7, 11) is 2.14. The second-order valence-corrected chi connectivity index (χ2v) is 9.73. The van der Waals surface area contributed by atoms with Crippen molar-refractivity contribution in [3.8, 4) is 16.3 Å². The number of aromatic nitrogens is 1. The van der Waals surface area contributed by atoms with Gasteiger partial charge in [0.1, 0.15) is 15.8 Å². The molecular weight excluding hydrogens is 462 g/mol. The second-order valence-electron chi connectivity index (χ2n) is 7.59. The zero-order chi connectivity index (χ0) is 21.4. The smallest absolute Gasteiger partial charge is 0.256 e. The quantitative estimate of drug-likeness (QED) is 0.372. The third kappa shape index (κ3) is 4.38. The van der Waals surface area contributed by atoms with Crippen LogP contribution in [-0.4, -0.2) is 36.0 Å². The lowest BCUT2D eigenvalue weighted by molar-refractivity contribution is 0.102. The van der Waals surface area contributed by atoms with E-state index in [1.165, 1.54) is 10.4 Å². The largest absolute Gasteiger partial charge is 0.494 e. The van der Waals surface area contributed by atoms with Gasteiger partial charge in [0.2, 0.25) is 0 Å². The lowest BCUT2D eigenvalue weighted by Crippen LogP contribution is -2.25. The zero-order valence-corrected chi connectivity index (χ0v) is 20.3. The maximum absolute atomic E-state index is 13.0. The fraction of sp³-hybridized carbons (Fsp3) is 0.250. The minimum absolute atomic E-state index is 0. The number of hydrogen-bond acceptors (Lipinski definition) is 6. The topological polar surface area (TPSA) is 54.5 Å². The van der Waals surface area contributed by atoms with E-state index in [4.69, 9.17) is 9.72 Å². The minimum atomic E-state index is -0.114. The summed E-state index contributed by atoms with van der Waals surface area (Å²) >= 11 is 3.36. The number of likely N-dealkylation sites (N-methyl/N-ethyl adjacent to an activating group) is 1. The molecule has 2 aromatic carbocycles. The van der Waals surface area contributed by atoms with Gasteiger partial charge in [0.25, 0.3) is 5.91 Å². The summed E-state index contributed by atoms with van der Waals surface area (Å²) in [5.41, 5.74) is 4.03. The van der Waals surface area contributed by atoms with Gasteiger partial charge in [-0.1, -0.05) is 12.1 Å². The first-order valence-electron chi connectivity index (χ1n) is 10.4. The molecule has 0 radical (unpaired) electrons. The zero-order valence-electron chi connectivity index (χ0n) is 17.9. The predicted molar refractivity (Wildman–Crippen MR) is 136 cm³/mol. The molecule has 4 aromatic rings. The molecule has 1 aliphatic heterocycles. The number of nitrogens with one attached hydrogen (secondary N) is 1. The molecule has 0 atom stereocenters. The van der Waals surface area contributed by atoms with E-state index in [2.05, 4.69) is 23.3 Å². The number of amides is 1. The van der Waals surface area contributed by atoms with Crippen LogP contribution in [0.3, 0.4) is 0 Å². The summed E-state index contributed by atoms with van der Waals surface area (Å²) in [6.07, 6.45) is 0.965. The minimum Gasteiger partial charge on any atom is -0.494 e. The van der Waals surface area contributed by atoms with Crippen LogP contribution in [0.25, 0.3) is 20.8 Å². The van der Waals surface area contributed by atoms with Gasteiger partial charge >= 0.3 is 0 Å². The van der Waals surface area contributed by atoms with Crippen molar-refractivity contribution in [2.24, 2.45) is 0 Å². The van der Waals surface area contributed by atoms with Gasteiger partial charge in [-0.2, -0.15) is 0 Å². The number of carbonyl (C=O) groups excluding carboxylic acids is 1. The van der Waals surface area contributed by atoms with Gasteiger partial charge in [-0.15, -0.1) is 35.1 Å². The normalized spacial score (nSPS) is 13.4. The van der Waals surface area contributed by atoms with E-state index in [9.17, 15) is 4.79 Å². The molecule has 1 N–H and O–H groups in total. The Bertz CT molecular complexity index is 1220. The average Bonchev–Trinajstić information content (AvgIpc) is 3.34. The van der Waals surface area contributed by atoms with E-state index in [1.807, 2.05) is 37.3 Å². The molecule has 5 nitrogen and oxygen atoms in total. The molecule has 1 amide bonds. The molecule has 0 bridgehead atoms. The Morgan fingerprint density at radius 3 is 2.69 bits per heavy atom. The van der Waals surface area contributed by atoms with Crippen LogP contribution in [-0.2, 0) is 13.0 Å². The second kappa shape index (κ2) is 9.58. The van der Waals surface area contributed by atoms with E-state index < -0.39 is 0 Å². The van der Waals surface area contributed by atoms with Crippen molar-refractivity contribution >= 4 is 56.2 Å². The summed E-state index contributed by atoms with van der Waals surface area (Å²) in [6.45, 7) is 4.46. The van der Waals surface area contributed by atoms with Crippen molar-refractivity contribution in [1.29, 1.82) is 0 Å². The standard InChI is InChI=1S/C24H23N3O2S2.ClH/c1-3-29-16-10-8-15(9-11-16)22(28)26-24-21(17-12-13-27(2)14-20(17)31-24)23-25-18-6-4-5-7-19(18)30-23;/h4-11H,3,12-14H2,1-2H3,(H,26,28);1H. The number of anilines is 1. The Morgan fingerprint density at radius 2 is 1.94 bits per heavy atom. The average molecular weight is 486 g/mol. The molecule has 32 heavy (non-hydrogen) atoms. The van der Waals surface area contributed by atoms with Crippen LogP contribution in [0.5, 0.6) is 5.75 Å². The molecule has 166 valence electrons. The number of thiazole rings is 1.